The highest BCUT2D eigenvalue weighted by Gasteiger charge is 1.56. The molecule has 0 saturated heterocycles. The normalized spacial score (nSPS) is 6.00. The Morgan fingerprint density at radius 3 is 1.12 bits per heavy atom. The molecule has 0 aliphatic rings. The van der Waals surface area contributed by atoms with E-state index >= 15 is 0 Å². The van der Waals surface area contributed by atoms with E-state index in [0.29, 0.717) is 0 Å². The summed E-state index contributed by atoms with van der Waals surface area (Å²) in [6.45, 7) is 6.29. The third kappa shape index (κ3) is 169. The maximum Gasteiger partial charge on any atom is 0.0402 e. The van der Waals surface area contributed by atoms with E-state index in [1.807, 2.05) is 0 Å². The molecule has 0 atom stereocenters. The molecule has 54 valence electrons. The van der Waals surface area contributed by atoms with E-state index in [0.717, 1.165) is 0 Å². The first-order valence-electron chi connectivity index (χ1n) is 2.94. The predicted octanol–water partition coefficient (Wildman–Crippen LogP) is 1.97. The molecule has 0 aromatic heterocycles. The lowest BCUT2D eigenvalue weighted by Crippen LogP contribution is -1.57. The molecule has 2 nitrogen and oxygen atoms in total. The number of hydrogen-bond donors (Lipinski definition) is 2. The third-order valence-corrected chi connectivity index (χ3v) is 0.500. The van der Waals surface area contributed by atoms with Crippen LogP contribution in [0, 0.1) is 0 Å². The van der Waals surface area contributed by atoms with Gasteiger partial charge in [-0.2, -0.15) is 0 Å². The van der Waals surface area contributed by atoms with Crippen LogP contribution >= 0.6 is 0 Å². The van der Waals surface area contributed by atoms with Crippen LogP contribution < -0.4 is 6.15 Å². The summed E-state index contributed by atoms with van der Waals surface area (Å²) in [6, 6.07) is 0. The van der Waals surface area contributed by atoms with Gasteiger partial charge in [0.15, 0.2) is 0 Å². The fourth-order valence-electron chi connectivity index (χ4n) is 0. The van der Waals surface area contributed by atoms with E-state index in [1.54, 1.807) is 6.92 Å². The lowest BCUT2D eigenvalue weighted by atomic mass is 10.4. The van der Waals surface area contributed by atoms with E-state index in [4.69, 9.17) is 5.11 Å². The summed E-state index contributed by atoms with van der Waals surface area (Å²) in [5.74, 6) is 0. The van der Waals surface area contributed by atoms with Gasteiger partial charge in [0, 0.05) is 6.61 Å². The highest BCUT2D eigenvalue weighted by Crippen LogP contribution is 1.76. The summed E-state index contributed by atoms with van der Waals surface area (Å²) in [5.41, 5.74) is 0. The van der Waals surface area contributed by atoms with Crippen molar-refractivity contribution in [2.24, 2.45) is 0 Å². The van der Waals surface area contributed by atoms with E-state index in [1.165, 1.54) is 12.8 Å². The average molecular weight is 121 g/mol. The summed E-state index contributed by atoms with van der Waals surface area (Å²) in [7, 11) is 0. The van der Waals surface area contributed by atoms with Crippen LogP contribution in [-0.2, 0) is 0 Å². The third-order valence-electron chi connectivity index (χ3n) is 0.500. The van der Waals surface area contributed by atoms with Gasteiger partial charge in [0.25, 0.3) is 0 Å². The van der Waals surface area contributed by atoms with Gasteiger partial charge < -0.3 is 11.3 Å². The van der Waals surface area contributed by atoms with Gasteiger partial charge in [-0.1, -0.05) is 26.7 Å². The summed E-state index contributed by atoms with van der Waals surface area (Å²) in [4.78, 5) is 0. The minimum absolute atomic E-state index is 0. The second-order valence-corrected chi connectivity index (χ2v) is 1.32. The molecule has 0 aliphatic heterocycles. The maximum absolute atomic E-state index is 7.57. The molecule has 0 rings (SSSR count). The molecule has 0 saturated carbocycles. The van der Waals surface area contributed by atoms with Crippen LogP contribution in [0.2, 0.25) is 0 Å². The molecule has 0 amide bonds. The monoisotopic (exact) mass is 121 g/mol. The Labute approximate surface area is 52.5 Å². The molecule has 4 N–H and O–H groups in total. The molecule has 0 unspecified atom stereocenters. The Hall–Kier alpha value is -0.0800. The van der Waals surface area contributed by atoms with Gasteiger partial charge >= 0.3 is 0 Å². The predicted molar refractivity (Wildman–Crippen MR) is 38.4 cm³/mol. The quantitative estimate of drug-likeness (QED) is 0.557. The van der Waals surface area contributed by atoms with Crippen molar-refractivity contribution in [1.82, 2.24) is 6.15 Å². The van der Waals surface area contributed by atoms with Gasteiger partial charge in [0.2, 0.25) is 0 Å². The van der Waals surface area contributed by atoms with E-state index in [-0.39, 0.29) is 12.8 Å². The molecular weight excluding hydrogens is 102 g/mol. The van der Waals surface area contributed by atoms with Crippen molar-refractivity contribution < 1.29 is 5.11 Å². The van der Waals surface area contributed by atoms with E-state index < -0.39 is 0 Å². The standard InChI is InChI=1S/C4H10.C2H6O.H3N/c1-3-4-2;1-2-3;/h3-4H2,1-2H3;3H,2H2,1H3;1H3. The SMILES string of the molecule is CCCC.CCO.N. The van der Waals surface area contributed by atoms with Crippen LogP contribution in [0.1, 0.15) is 33.6 Å². The smallest absolute Gasteiger partial charge is 0.0402 e. The van der Waals surface area contributed by atoms with Gasteiger partial charge in [-0.05, 0) is 6.92 Å². The number of rotatable bonds is 1. The van der Waals surface area contributed by atoms with Gasteiger partial charge in [-0.3, -0.25) is 0 Å². The topological polar surface area (TPSA) is 55.2 Å². The zero-order valence-electron chi connectivity index (χ0n) is 6.28. The maximum atomic E-state index is 7.57. The van der Waals surface area contributed by atoms with Crippen LogP contribution in [-0.4, -0.2) is 11.7 Å². The van der Waals surface area contributed by atoms with Crippen molar-refractivity contribution in [2.45, 2.75) is 33.6 Å². The first-order chi connectivity index (χ1) is 3.33. The summed E-state index contributed by atoms with van der Waals surface area (Å²) in [5, 5.41) is 7.57. The Morgan fingerprint density at radius 1 is 1.00 bits per heavy atom. The molecule has 0 fully saturated rings. The second-order valence-electron chi connectivity index (χ2n) is 1.32. The minimum atomic E-state index is 0. The highest BCUT2D eigenvalue weighted by molar-refractivity contribution is 4.12. The second kappa shape index (κ2) is 28.4. The van der Waals surface area contributed by atoms with Crippen LogP contribution in [0.3, 0.4) is 0 Å². The molecule has 0 aromatic rings. The summed E-state index contributed by atoms with van der Waals surface area (Å²) in [6.07, 6.45) is 2.64. The lowest BCUT2D eigenvalue weighted by molar-refractivity contribution is 0.318. The largest absolute Gasteiger partial charge is 0.397 e. The Kier molecular flexibility index (Phi) is 55.7. The highest BCUT2D eigenvalue weighted by atomic mass is 16.2. The van der Waals surface area contributed by atoms with Gasteiger partial charge in [0.05, 0.1) is 0 Å². The van der Waals surface area contributed by atoms with Crippen LogP contribution in [0.5, 0.6) is 0 Å². The van der Waals surface area contributed by atoms with Gasteiger partial charge in [0.1, 0.15) is 0 Å². The molecule has 0 aromatic carbocycles. The number of aliphatic hydroxyl groups excluding tert-OH is 1. The Bertz CT molecular complexity index is 16.0. The van der Waals surface area contributed by atoms with Crippen molar-refractivity contribution in [2.75, 3.05) is 6.61 Å². The molecule has 0 aliphatic carbocycles. The van der Waals surface area contributed by atoms with Crippen LogP contribution in [0.25, 0.3) is 0 Å². The average Bonchev–Trinajstić information content (AvgIpc) is 1.69. The number of hydrogen-bond acceptors (Lipinski definition) is 2. The lowest BCUT2D eigenvalue weighted by Gasteiger charge is -1.68. The first-order valence-corrected chi connectivity index (χ1v) is 2.94. The molecular formula is C6H19NO. The molecule has 0 radical (unpaired) electrons. The fourth-order valence-corrected chi connectivity index (χ4v) is 0. The van der Waals surface area contributed by atoms with Crippen molar-refractivity contribution in [3.63, 3.8) is 0 Å². The van der Waals surface area contributed by atoms with Crippen LogP contribution in [0.4, 0.5) is 0 Å². The fraction of sp³-hybridized carbons (Fsp3) is 1.00. The Balaban J connectivity index is -0.0000000575. The van der Waals surface area contributed by atoms with E-state index in [2.05, 4.69) is 13.8 Å². The summed E-state index contributed by atoms with van der Waals surface area (Å²) < 4.78 is 0. The zero-order chi connectivity index (χ0) is 6.12. The molecule has 0 heterocycles. The van der Waals surface area contributed by atoms with Crippen molar-refractivity contribution >= 4 is 0 Å². The van der Waals surface area contributed by atoms with Gasteiger partial charge in [-0.25, -0.2) is 0 Å². The number of aliphatic hydroxyl groups is 1. The van der Waals surface area contributed by atoms with Gasteiger partial charge in [-0.15, -0.1) is 0 Å². The Morgan fingerprint density at radius 2 is 1.12 bits per heavy atom. The molecule has 8 heavy (non-hydrogen) atoms. The summed E-state index contributed by atoms with van der Waals surface area (Å²) >= 11 is 0. The van der Waals surface area contributed by atoms with Crippen molar-refractivity contribution in [1.29, 1.82) is 0 Å². The molecule has 2 heteroatoms. The van der Waals surface area contributed by atoms with Crippen molar-refractivity contribution in [3.8, 4) is 0 Å². The minimum Gasteiger partial charge on any atom is -0.397 e. The van der Waals surface area contributed by atoms with Crippen LogP contribution in [0.15, 0.2) is 0 Å². The molecule has 0 spiro atoms. The van der Waals surface area contributed by atoms with Crippen molar-refractivity contribution in [3.05, 3.63) is 0 Å². The number of unbranched alkanes of at least 4 members (excludes halogenated alkanes) is 1. The molecule has 0 bridgehead atoms. The zero-order valence-corrected chi connectivity index (χ0v) is 6.28. The first kappa shape index (κ1) is 15.7. The van der Waals surface area contributed by atoms with E-state index in [9.17, 15) is 0 Å².